The van der Waals surface area contributed by atoms with Gasteiger partial charge in [0.15, 0.2) is 4.87 Å². The van der Waals surface area contributed by atoms with E-state index in [1.165, 1.54) is 12.3 Å². The van der Waals surface area contributed by atoms with Crippen molar-refractivity contribution in [1.29, 1.82) is 0 Å². The molecule has 1 nitrogen and oxygen atoms in total. The van der Waals surface area contributed by atoms with E-state index in [4.69, 9.17) is 0 Å². The Balaban J connectivity index is 2.13. The fraction of sp³-hybridized carbons (Fsp3) is 1.00. The molecule has 2 fully saturated rings. The fourth-order valence-corrected chi connectivity index (χ4v) is 4.21. The second-order valence-electron chi connectivity index (χ2n) is 5.75. The molecule has 0 N–H and O–H groups in total. The van der Waals surface area contributed by atoms with Crippen molar-refractivity contribution in [1.82, 2.24) is 4.90 Å². The third-order valence-electron chi connectivity index (χ3n) is 4.45. The minimum atomic E-state index is 0.438. The maximum atomic E-state index is 2.70. The Morgan fingerprint density at radius 3 is 2.43 bits per heavy atom. The number of thiol groups is 1. The summed E-state index contributed by atoms with van der Waals surface area (Å²) in [6, 6.07) is 0.884. The molecular weight excluding hydrogens is 190 g/mol. The molecule has 0 saturated carbocycles. The molecule has 0 aromatic rings. The lowest BCUT2D eigenvalue weighted by atomic mass is 9.84. The van der Waals surface area contributed by atoms with E-state index in [0.717, 1.165) is 23.8 Å². The fourth-order valence-electron chi connectivity index (χ4n) is 2.73. The molecule has 2 rings (SSSR count). The van der Waals surface area contributed by atoms with E-state index < -0.39 is 0 Å². The van der Waals surface area contributed by atoms with Crippen LogP contribution in [-0.4, -0.2) is 28.1 Å². The molecule has 2 aliphatic rings. The topological polar surface area (TPSA) is 3.01 Å². The second kappa shape index (κ2) is 3.41. The predicted octanol–water partition coefficient (Wildman–Crippen LogP) is 2.14. The molecule has 3 unspecified atom stereocenters. The summed E-state index contributed by atoms with van der Waals surface area (Å²) in [4.78, 5) is 3.13. The van der Waals surface area contributed by atoms with Crippen molar-refractivity contribution in [2.24, 2.45) is 17.8 Å². The van der Waals surface area contributed by atoms with Crippen LogP contribution in [0, 0.1) is 17.8 Å². The molecule has 0 aliphatic carbocycles. The molecule has 0 aromatic carbocycles. The summed E-state index contributed by atoms with van der Waals surface area (Å²) < 4.78 is 0. The quantitative estimate of drug-likeness (QED) is 0.339. The first-order valence-corrected chi connectivity index (χ1v) is 6.97. The average Bonchev–Trinajstić information content (AvgIpc) is 2.90. The molecule has 82 valence electrons. The standard InChI is InChI=1S/C12H23NS/c1-8-7-14-12(4,5)13-6-11(13)10(3)9(8)2/h8-11H,6-7H2,1-5H3/p+1/t8?,9-,10?,11-,13?/m1/s1. The molecule has 2 heterocycles. The zero-order valence-corrected chi connectivity index (χ0v) is 11.0. The van der Waals surface area contributed by atoms with Gasteiger partial charge in [-0.2, -0.15) is 0 Å². The molecule has 2 aliphatic heterocycles. The van der Waals surface area contributed by atoms with E-state index >= 15 is 0 Å². The van der Waals surface area contributed by atoms with Crippen LogP contribution in [0.25, 0.3) is 0 Å². The van der Waals surface area contributed by atoms with Crippen molar-refractivity contribution in [3.63, 3.8) is 0 Å². The lowest BCUT2D eigenvalue weighted by Crippen LogP contribution is -2.41. The van der Waals surface area contributed by atoms with Gasteiger partial charge in [0.05, 0.1) is 0 Å². The van der Waals surface area contributed by atoms with Gasteiger partial charge in [0.25, 0.3) is 0 Å². The van der Waals surface area contributed by atoms with Crippen molar-refractivity contribution in [3.8, 4) is 0 Å². The van der Waals surface area contributed by atoms with Crippen LogP contribution in [0.4, 0.5) is 0 Å². The number of hydrogen-bond donors (Lipinski definition) is 0. The Bertz CT molecular complexity index is 226. The number of hydrogen-bond acceptors (Lipinski definition) is 1. The summed E-state index contributed by atoms with van der Waals surface area (Å²) in [5.74, 6) is 4.06. The zero-order valence-electron chi connectivity index (χ0n) is 10.1. The van der Waals surface area contributed by atoms with Crippen LogP contribution in [0.3, 0.4) is 0 Å². The third kappa shape index (κ3) is 1.71. The lowest BCUT2D eigenvalue weighted by Gasteiger charge is -2.31. The highest BCUT2D eigenvalue weighted by atomic mass is 32.2. The summed E-state index contributed by atoms with van der Waals surface area (Å²) in [5, 5.41) is 0. The van der Waals surface area contributed by atoms with Crippen molar-refractivity contribution >= 4 is 11.8 Å². The Hall–Kier alpha value is 0.310. The van der Waals surface area contributed by atoms with Crippen LogP contribution < -0.4 is 0 Å². The Kier molecular flexibility index (Phi) is 2.64. The number of fused-ring (bicyclic) bond motifs is 1. The van der Waals surface area contributed by atoms with E-state index in [1.807, 2.05) is 0 Å². The summed E-state index contributed by atoms with van der Waals surface area (Å²) in [5.41, 5.74) is 0. The highest BCUT2D eigenvalue weighted by Gasteiger charge is 2.54. The number of nitrogens with zero attached hydrogens (tertiary/aromatic N) is 1. The van der Waals surface area contributed by atoms with Gasteiger partial charge in [-0.25, -0.2) is 0 Å². The highest BCUT2D eigenvalue weighted by Crippen LogP contribution is 2.42. The molecule has 0 bridgehead atoms. The van der Waals surface area contributed by atoms with Gasteiger partial charge in [0.2, 0.25) is 0 Å². The monoisotopic (exact) mass is 214 g/mol. The Morgan fingerprint density at radius 2 is 1.79 bits per heavy atom. The average molecular weight is 214 g/mol. The zero-order chi connectivity index (χ0) is 10.5. The van der Waals surface area contributed by atoms with Gasteiger partial charge in [0.1, 0.15) is 5.75 Å². The minimum absolute atomic E-state index is 0.438. The van der Waals surface area contributed by atoms with Crippen LogP contribution in [0.5, 0.6) is 0 Å². The third-order valence-corrected chi connectivity index (χ3v) is 6.24. The first-order valence-electron chi connectivity index (χ1n) is 5.89. The summed E-state index contributed by atoms with van der Waals surface area (Å²) in [7, 11) is 0. The van der Waals surface area contributed by atoms with Crippen molar-refractivity contribution in [2.45, 2.75) is 45.5 Å². The van der Waals surface area contributed by atoms with Gasteiger partial charge in [0, 0.05) is 32.4 Å². The summed E-state index contributed by atoms with van der Waals surface area (Å²) >= 11 is 1.63. The minimum Gasteiger partial charge on any atom is -0.251 e. The van der Waals surface area contributed by atoms with Gasteiger partial charge < -0.3 is 0 Å². The van der Waals surface area contributed by atoms with Crippen molar-refractivity contribution < 1.29 is 0 Å². The molecule has 14 heavy (non-hydrogen) atoms. The van der Waals surface area contributed by atoms with Crippen LogP contribution in [0.2, 0.25) is 0 Å². The van der Waals surface area contributed by atoms with E-state index in [1.54, 1.807) is 11.8 Å². The second-order valence-corrected chi connectivity index (χ2v) is 7.53. The maximum Gasteiger partial charge on any atom is 0.174 e. The van der Waals surface area contributed by atoms with Gasteiger partial charge in [-0.05, 0) is 23.6 Å². The number of rotatable bonds is 0. The summed E-state index contributed by atoms with van der Waals surface area (Å²) in [6.07, 6.45) is 0. The van der Waals surface area contributed by atoms with Gasteiger partial charge in [-0.3, -0.25) is 4.90 Å². The normalized spacial score (nSPS) is 51.6. The van der Waals surface area contributed by atoms with E-state index in [0.29, 0.717) is 4.87 Å². The molecule has 0 amide bonds. The smallest absolute Gasteiger partial charge is 0.174 e. The van der Waals surface area contributed by atoms with Crippen molar-refractivity contribution in [3.05, 3.63) is 0 Å². The summed E-state index contributed by atoms with van der Waals surface area (Å²) in [6.45, 7) is 13.5. The maximum absolute atomic E-state index is 2.70. The van der Waals surface area contributed by atoms with Crippen LogP contribution >= 0.6 is 0 Å². The van der Waals surface area contributed by atoms with Gasteiger partial charge >= 0.3 is 0 Å². The van der Waals surface area contributed by atoms with Crippen molar-refractivity contribution in [2.75, 3.05) is 12.3 Å². The first kappa shape index (κ1) is 10.8. The van der Waals surface area contributed by atoms with E-state index in [2.05, 4.69) is 39.5 Å². The predicted molar refractivity (Wildman–Crippen MR) is 65.7 cm³/mol. The molecule has 0 aromatic heterocycles. The highest BCUT2D eigenvalue weighted by molar-refractivity contribution is 7.79. The molecule has 5 atom stereocenters. The van der Waals surface area contributed by atoms with E-state index in [9.17, 15) is 0 Å². The van der Waals surface area contributed by atoms with Gasteiger partial charge in [-0.15, -0.1) is 0 Å². The van der Waals surface area contributed by atoms with E-state index in [-0.39, 0.29) is 0 Å². The molecule has 2 saturated heterocycles. The molecular formula is C12H24NS+. The molecule has 2 heteroatoms. The lowest BCUT2D eigenvalue weighted by molar-refractivity contribution is 0.236. The Labute approximate surface area is 92.6 Å². The molecule has 0 spiro atoms. The Morgan fingerprint density at radius 1 is 1.14 bits per heavy atom. The van der Waals surface area contributed by atoms with Crippen LogP contribution in [0.15, 0.2) is 0 Å². The SMILES string of the molecule is CC1C[SH+]C(C)(C)N2C[C@@H]2C(C)[C@@H]1C. The van der Waals surface area contributed by atoms with Crippen LogP contribution in [0.1, 0.15) is 34.6 Å². The first-order chi connectivity index (χ1) is 6.43. The van der Waals surface area contributed by atoms with Gasteiger partial charge in [-0.1, -0.05) is 20.8 Å². The largest absolute Gasteiger partial charge is 0.251 e. The molecule has 0 radical (unpaired) electrons. The van der Waals surface area contributed by atoms with Crippen LogP contribution in [-0.2, 0) is 11.8 Å².